The topological polar surface area (TPSA) is 58.6 Å². The third-order valence-electron chi connectivity index (χ3n) is 2.79. The third-order valence-corrected chi connectivity index (χ3v) is 2.79. The molecule has 5 heteroatoms. The number of ether oxygens (including phenoxy) is 1. The lowest BCUT2D eigenvalue weighted by Crippen LogP contribution is -2.36. The summed E-state index contributed by atoms with van der Waals surface area (Å²) < 4.78 is 5.17. The van der Waals surface area contributed by atoms with Crippen LogP contribution in [0.2, 0.25) is 0 Å². The van der Waals surface area contributed by atoms with Crippen molar-refractivity contribution in [2.75, 3.05) is 18.5 Å². The lowest BCUT2D eigenvalue weighted by atomic mass is 10.2. The van der Waals surface area contributed by atoms with Gasteiger partial charge in [0, 0.05) is 5.69 Å². The SMILES string of the molecule is CC(C)COC(=O)N1CC(=O)Nc2ccccc2C1. The number of benzene rings is 1. The second kappa shape index (κ2) is 5.73. The minimum absolute atomic E-state index is 0.0195. The summed E-state index contributed by atoms with van der Waals surface area (Å²) in [6.45, 7) is 4.70. The van der Waals surface area contributed by atoms with Crippen LogP contribution in [0.25, 0.3) is 0 Å². The van der Waals surface area contributed by atoms with Crippen LogP contribution >= 0.6 is 0 Å². The lowest BCUT2D eigenvalue weighted by Gasteiger charge is -2.19. The van der Waals surface area contributed by atoms with E-state index >= 15 is 0 Å². The van der Waals surface area contributed by atoms with E-state index in [0.717, 1.165) is 11.3 Å². The molecule has 0 saturated heterocycles. The molecule has 1 aromatic rings. The maximum atomic E-state index is 11.9. The molecule has 0 aliphatic carbocycles. The summed E-state index contributed by atoms with van der Waals surface area (Å²) in [5, 5.41) is 2.78. The molecule has 0 spiro atoms. The Morgan fingerprint density at radius 3 is 2.84 bits per heavy atom. The number of carbonyl (C=O) groups excluding carboxylic acids is 2. The van der Waals surface area contributed by atoms with Gasteiger partial charge in [-0.25, -0.2) is 4.79 Å². The van der Waals surface area contributed by atoms with Gasteiger partial charge in [-0.15, -0.1) is 0 Å². The second-order valence-electron chi connectivity index (χ2n) is 5.03. The monoisotopic (exact) mass is 262 g/mol. The number of hydrogen-bond acceptors (Lipinski definition) is 3. The summed E-state index contributed by atoms with van der Waals surface area (Å²) in [6.07, 6.45) is -0.444. The van der Waals surface area contributed by atoms with E-state index < -0.39 is 6.09 Å². The van der Waals surface area contributed by atoms with Gasteiger partial charge >= 0.3 is 6.09 Å². The van der Waals surface area contributed by atoms with Crippen LogP contribution in [0.3, 0.4) is 0 Å². The van der Waals surface area contributed by atoms with Crippen LogP contribution in [0.5, 0.6) is 0 Å². The van der Waals surface area contributed by atoms with Crippen molar-refractivity contribution < 1.29 is 14.3 Å². The zero-order chi connectivity index (χ0) is 13.8. The molecule has 2 amide bonds. The first-order valence-electron chi connectivity index (χ1n) is 6.35. The molecule has 0 aromatic heterocycles. The number of nitrogens with one attached hydrogen (secondary N) is 1. The van der Waals surface area contributed by atoms with Gasteiger partial charge in [-0.1, -0.05) is 32.0 Å². The van der Waals surface area contributed by atoms with E-state index in [0.29, 0.717) is 13.2 Å². The van der Waals surface area contributed by atoms with Crippen LogP contribution in [0.1, 0.15) is 19.4 Å². The third kappa shape index (κ3) is 3.47. The maximum Gasteiger partial charge on any atom is 0.410 e. The number of rotatable bonds is 2. The quantitative estimate of drug-likeness (QED) is 0.889. The number of fused-ring (bicyclic) bond motifs is 1. The second-order valence-corrected chi connectivity index (χ2v) is 5.03. The van der Waals surface area contributed by atoms with Gasteiger partial charge in [-0.3, -0.25) is 9.69 Å². The Labute approximate surface area is 112 Å². The minimum Gasteiger partial charge on any atom is -0.449 e. The Balaban J connectivity index is 2.10. The van der Waals surface area contributed by atoms with Crippen LogP contribution < -0.4 is 5.32 Å². The van der Waals surface area contributed by atoms with Gasteiger partial charge in [0.25, 0.3) is 0 Å². The van der Waals surface area contributed by atoms with Crippen LogP contribution in [0.4, 0.5) is 10.5 Å². The van der Waals surface area contributed by atoms with Crippen molar-refractivity contribution in [2.45, 2.75) is 20.4 Å². The Kier molecular flexibility index (Phi) is 4.04. The largest absolute Gasteiger partial charge is 0.449 e. The fourth-order valence-electron chi connectivity index (χ4n) is 1.86. The van der Waals surface area contributed by atoms with Crippen LogP contribution in [-0.4, -0.2) is 30.1 Å². The normalized spacial score (nSPS) is 14.7. The standard InChI is InChI=1S/C14H18N2O3/c1-10(2)9-19-14(18)16-7-11-5-3-4-6-12(11)15-13(17)8-16/h3-6,10H,7-9H2,1-2H3,(H,15,17). The number of nitrogens with zero attached hydrogens (tertiary/aromatic N) is 1. The molecule has 19 heavy (non-hydrogen) atoms. The van der Waals surface area contributed by atoms with E-state index in [1.165, 1.54) is 4.90 Å². The zero-order valence-corrected chi connectivity index (χ0v) is 11.2. The summed E-state index contributed by atoms with van der Waals surface area (Å²) in [4.78, 5) is 25.1. The molecule has 5 nitrogen and oxygen atoms in total. The minimum atomic E-state index is -0.444. The smallest absolute Gasteiger partial charge is 0.410 e. The Hall–Kier alpha value is -2.04. The molecule has 2 rings (SSSR count). The molecule has 0 saturated carbocycles. The van der Waals surface area contributed by atoms with E-state index in [9.17, 15) is 9.59 Å². The summed E-state index contributed by atoms with van der Waals surface area (Å²) in [5.74, 6) is 0.0727. The molecule has 0 fully saturated rings. The van der Waals surface area contributed by atoms with Gasteiger partial charge in [-0.05, 0) is 17.5 Å². The summed E-state index contributed by atoms with van der Waals surface area (Å²) in [5.41, 5.74) is 1.67. The molecule has 1 aliphatic heterocycles. The highest BCUT2D eigenvalue weighted by Gasteiger charge is 2.24. The fourth-order valence-corrected chi connectivity index (χ4v) is 1.86. The number of carbonyl (C=O) groups is 2. The molecular weight excluding hydrogens is 244 g/mol. The van der Waals surface area contributed by atoms with E-state index in [1.807, 2.05) is 38.1 Å². The number of hydrogen-bond donors (Lipinski definition) is 1. The average Bonchev–Trinajstić information content (AvgIpc) is 2.53. The molecule has 1 aromatic carbocycles. The molecule has 102 valence electrons. The fraction of sp³-hybridized carbons (Fsp3) is 0.429. The van der Waals surface area contributed by atoms with Crippen molar-refractivity contribution in [3.05, 3.63) is 29.8 Å². The number of para-hydroxylation sites is 1. The summed E-state index contributed by atoms with van der Waals surface area (Å²) in [6, 6.07) is 7.46. The molecule has 0 atom stereocenters. The van der Waals surface area contributed by atoms with E-state index in [4.69, 9.17) is 4.74 Å². The number of amides is 2. The summed E-state index contributed by atoms with van der Waals surface area (Å²) >= 11 is 0. The van der Waals surface area contributed by atoms with Crippen molar-refractivity contribution in [3.63, 3.8) is 0 Å². The molecule has 1 heterocycles. The van der Waals surface area contributed by atoms with E-state index in [-0.39, 0.29) is 18.4 Å². The zero-order valence-electron chi connectivity index (χ0n) is 11.2. The Morgan fingerprint density at radius 1 is 1.37 bits per heavy atom. The maximum absolute atomic E-state index is 11.9. The van der Waals surface area contributed by atoms with Gasteiger partial charge in [-0.2, -0.15) is 0 Å². The summed E-state index contributed by atoms with van der Waals surface area (Å²) in [7, 11) is 0. The average molecular weight is 262 g/mol. The highest BCUT2D eigenvalue weighted by atomic mass is 16.6. The molecule has 0 unspecified atom stereocenters. The van der Waals surface area contributed by atoms with Crippen molar-refractivity contribution in [1.29, 1.82) is 0 Å². The molecular formula is C14H18N2O3. The van der Waals surface area contributed by atoms with Crippen LogP contribution in [0, 0.1) is 5.92 Å². The van der Waals surface area contributed by atoms with Crippen molar-refractivity contribution >= 4 is 17.7 Å². The molecule has 0 bridgehead atoms. The molecule has 1 aliphatic rings. The van der Waals surface area contributed by atoms with Crippen LogP contribution in [0.15, 0.2) is 24.3 Å². The molecule has 0 radical (unpaired) electrons. The first kappa shape index (κ1) is 13.4. The highest BCUT2D eigenvalue weighted by molar-refractivity contribution is 5.95. The van der Waals surface area contributed by atoms with Gasteiger partial charge in [0.1, 0.15) is 6.54 Å². The van der Waals surface area contributed by atoms with Gasteiger partial charge < -0.3 is 10.1 Å². The number of anilines is 1. The predicted molar refractivity (Wildman–Crippen MR) is 71.7 cm³/mol. The van der Waals surface area contributed by atoms with Crippen molar-refractivity contribution in [2.24, 2.45) is 5.92 Å². The van der Waals surface area contributed by atoms with Crippen LogP contribution in [-0.2, 0) is 16.1 Å². The Morgan fingerprint density at radius 2 is 2.11 bits per heavy atom. The lowest BCUT2D eigenvalue weighted by molar-refractivity contribution is -0.117. The predicted octanol–water partition coefficient (Wildman–Crippen LogP) is 2.23. The van der Waals surface area contributed by atoms with Gasteiger partial charge in [0.2, 0.25) is 5.91 Å². The van der Waals surface area contributed by atoms with E-state index in [1.54, 1.807) is 0 Å². The first-order chi connectivity index (χ1) is 9.06. The van der Waals surface area contributed by atoms with Crippen molar-refractivity contribution in [3.8, 4) is 0 Å². The highest BCUT2D eigenvalue weighted by Crippen LogP contribution is 2.20. The van der Waals surface area contributed by atoms with E-state index in [2.05, 4.69) is 5.32 Å². The molecule has 1 N–H and O–H groups in total. The first-order valence-corrected chi connectivity index (χ1v) is 6.35. The van der Waals surface area contributed by atoms with Gasteiger partial charge in [0.05, 0.1) is 13.2 Å². The van der Waals surface area contributed by atoms with Gasteiger partial charge in [0.15, 0.2) is 0 Å². The van der Waals surface area contributed by atoms with Crippen molar-refractivity contribution in [1.82, 2.24) is 4.90 Å². The Bertz CT molecular complexity index is 485.